The van der Waals surface area contributed by atoms with Gasteiger partial charge in [-0.1, -0.05) is 24.3 Å². The summed E-state index contributed by atoms with van der Waals surface area (Å²) in [5.41, 5.74) is 3.12. The van der Waals surface area contributed by atoms with Crippen molar-refractivity contribution in [3.05, 3.63) is 53.2 Å². The van der Waals surface area contributed by atoms with E-state index in [9.17, 15) is 9.90 Å². The van der Waals surface area contributed by atoms with Crippen LogP contribution in [0.4, 0.5) is 5.82 Å². The van der Waals surface area contributed by atoms with Crippen LogP contribution in [0.2, 0.25) is 0 Å². The predicted octanol–water partition coefficient (Wildman–Crippen LogP) is 3.06. The quantitative estimate of drug-likeness (QED) is 0.726. The maximum absolute atomic E-state index is 12.1. The van der Waals surface area contributed by atoms with Crippen molar-refractivity contribution in [1.29, 1.82) is 0 Å². The average Bonchev–Trinajstić information content (AvgIpc) is 2.80. The first kappa shape index (κ1) is 13.8. The number of aryl methyl sites for hydroxylation is 2. The molecular weight excluding hydrogens is 290 g/mol. The van der Waals surface area contributed by atoms with Crippen LogP contribution in [0.5, 0.6) is 5.75 Å². The molecule has 0 bridgehead atoms. The number of phenolic OH excluding ortho intramolecular Hbond substituents is 1. The van der Waals surface area contributed by atoms with Gasteiger partial charge >= 0.3 is 0 Å². The SMILES string of the molecule is Cc1nn(C)c2c1C(c1ccc3cc(O)ccc3c1)CC(=O)N2. The largest absolute Gasteiger partial charge is 0.508 e. The molecule has 2 aromatic carbocycles. The van der Waals surface area contributed by atoms with Crippen molar-refractivity contribution in [3.63, 3.8) is 0 Å². The average molecular weight is 307 g/mol. The number of nitrogens with one attached hydrogen (secondary N) is 1. The molecule has 116 valence electrons. The zero-order valence-corrected chi connectivity index (χ0v) is 13.0. The molecule has 23 heavy (non-hydrogen) atoms. The fourth-order valence-electron chi connectivity index (χ4n) is 3.46. The van der Waals surface area contributed by atoms with E-state index in [2.05, 4.69) is 16.5 Å². The summed E-state index contributed by atoms with van der Waals surface area (Å²) in [6.07, 6.45) is 0.420. The molecule has 1 aliphatic rings. The van der Waals surface area contributed by atoms with Gasteiger partial charge in [-0.3, -0.25) is 9.48 Å². The number of aromatic hydroxyl groups is 1. The summed E-state index contributed by atoms with van der Waals surface area (Å²) in [6.45, 7) is 1.97. The maximum Gasteiger partial charge on any atom is 0.226 e. The smallest absolute Gasteiger partial charge is 0.226 e. The van der Waals surface area contributed by atoms with Crippen LogP contribution in [0.3, 0.4) is 0 Å². The number of hydrogen-bond donors (Lipinski definition) is 2. The molecule has 5 heteroatoms. The summed E-state index contributed by atoms with van der Waals surface area (Å²) in [5, 5.41) is 19.0. The molecule has 0 spiro atoms. The van der Waals surface area contributed by atoms with Gasteiger partial charge in [-0.25, -0.2) is 0 Å². The number of carbonyl (C=O) groups is 1. The number of phenols is 1. The number of carbonyl (C=O) groups excluding carboxylic acids is 1. The Morgan fingerprint density at radius 3 is 2.78 bits per heavy atom. The topological polar surface area (TPSA) is 67.1 Å². The molecule has 1 atom stereocenters. The predicted molar refractivity (Wildman–Crippen MR) is 88.6 cm³/mol. The van der Waals surface area contributed by atoms with E-state index in [0.717, 1.165) is 33.4 Å². The zero-order valence-electron chi connectivity index (χ0n) is 13.0. The second kappa shape index (κ2) is 4.84. The molecule has 0 aliphatic carbocycles. The fraction of sp³-hybridized carbons (Fsp3) is 0.222. The number of nitrogens with zero attached hydrogens (tertiary/aromatic N) is 2. The van der Waals surface area contributed by atoms with Crippen molar-refractivity contribution >= 4 is 22.5 Å². The van der Waals surface area contributed by atoms with E-state index in [1.165, 1.54) is 0 Å². The lowest BCUT2D eigenvalue weighted by molar-refractivity contribution is -0.116. The first-order chi connectivity index (χ1) is 11.0. The van der Waals surface area contributed by atoms with Gasteiger partial charge in [-0.2, -0.15) is 5.10 Å². The highest BCUT2D eigenvalue weighted by molar-refractivity contribution is 5.95. The van der Waals surface area contributed by atoms with Crippen LogP contribution in [-0.2, 0) is 11.8 Å². The normalized spacial score (nSPS) is 17.1. The van der Waals surface area contributed by atoms with Gasteiger partial charge in [0.25, 0.3) is 0 Å². The molecule has 1 unspecified atom stereocenters. The summed E-state index contributed by atoms with van der Waals surface area (Å²) in [6, 6.07) is 11.4. The van der Waals surface area contributed by atoms with Gasteiger partial charge in [0.05, 0.1) is 5.69 Å². The van der Waals surface area contributed by atoms with Gasteiger partial charge < -0.3 is 10.4 Å². The van der Waals surface area contributed by atoms with Gasteiger partial charge in [-0.15, -0.1) is 0 Å². The van der Waals surface area contributed by atoms with E-state index in [1.54, 1.807) is 16.8 Å². The first-order valence-electron chi connectivity index (χ1n) is 7.59. The minimum Gasteiger partial charge on any atom is -0.508 e. The lowest BCUT2D eigenvalue weighted by atomic mass is 9.85. The molecule has 0 saturated carbocycles. The molecule has 4 rings (SSSR count). The number of fused-ring (bicyclic) bond motifs is 2. The molecule has 1 amide bonds. The van der Waals surface area contributed by atoms with Gasteiger partial charge in [0.15, 0.2) is 0 Å². The van der Waals surface area contributed by atoms with Crippen molar-refractivity contribution in [2.24, 2.45) is 7.05 Å². The molecule has 1 aromatic heterocycles. The van der Waals surface area contributed by atoms with E-state index in [-0.39, 0.29) is 17.6 Å². The number of anilines is 1. The van der Waals surface area contributed by atoms with Crippen LogP contribution in [0.15, 0.2) is 36.4 Å². The van der Waals surface area contributed by atoms with E-state index in [4.69, 9.17) is 0 Å². The summed E-state index contributed by atoms with van der Waals surface area (Å²) in [7, 11) is 1.84. The lowest BCUT2D eigenvalue weighted by Crippen LogP contribution is -2.24. The van der Waals surface area contributed by atoms with Crippen LogP contribution in [0.25, 0.3) is 10.8 Å². The highest BCUT2D eigenvalue weighted by atomic mass is 16.3. The summed E-state index contributed by atoms with van der Waals surface area (Å²) >= 11 is 0. The van der Waals surface area contributed by atoms with E-state index in [0.29, 0.717) is 6.42 Å². The molecule has 0 saturated heterocycles. The molecule has 3 aromatic rings. The third-order valence-electron chi connectivity index (χ3n) is 4.51. The van der Waals surface area contributed by atoms with Crippen molar-refractivity contribution in [1.82, 2.24) is 9.78 Å². The summed E-state index contributed by atoms with van der Waals surface area (Å²) < 4.78 is 1.73. The Morgan fingerprint density at radius 1 is 1.22 bits per heavy atom. The second-order valence-electron chi connectivity index (χ2n) is 6.07. The minimum absolute atomic E-state index is 0.00523. The number of amides is 1. The van der Waals surface area contributed by atoms with Gasteiger partial charge in [0.2, 0.25) is 5.91 Å². The van der Waals surface area contributed by atoms with Crippen LogP contribution in [-0.4, -0.2) is 20.8 Å². The molecule has 2 heterocycles. The Hall–Kier alpha value is -2.82. The zero-order chi connectivity index (χ0) is 16.1. The van der Waals surface area contributed by atoms with Crippen LogP contribution in [0, 0.1) is 6.92 Å². The monoisotopic (exact) mass is 307 g/mol. The molecular formula is C18H17N3O2. The van der Waals surface area contributed by atoms with E-state index < -0.39 is 0 Å². The van der Waals surface area contributed by atoms with Gasteiger partial charge in [-0.05, 0) is 35.4 Å². The lowest BCUT2D eigenvalue weighted by Gasteiger charge is -2.24. The van der Waals surface area contributed by atoms with Gasteiger partial charge in [0, 0.05) is 24.9 Å². The standard InChI is InChI=1S/C18H17N3O2/c1-10-17-15(9-16(23)19-18(17)21(2)20-10)13-4-3-12-8-14(22)6-5-11(12)7-13/h3-8,15,22H,9H2,1-2H3,(H,19,23). The van der Waals surface area contributed by atoms with Crippen molar-refractivity contribution < 1.29 is 9.90 Å². The van der Waals surface area contributed by atoms with E-state index >= 15 is 0 Å². The molecule has 0 fully saturated rings. The Morgan fingerprint density at radius 2 is 1.96 bits per heavy atom. The fourth-order valence-corrected chi connectivity index (χ4v) is 3.46. The number of hydrogen-bond acceptors (Lipinski definition) is 3. The maximum atomic E-state index is 12.1. The number of rotatable bonds is 1. The Kier molecular flexibility index (Phi) is 2.91. The summed E-state index contributed by atoms with van der Waals surface area (Å²) in [4.78, 5) is 12.1. The van der Waals surface area contributed by atoms with Crippen LogP contribution in [0.1, 0.15) is 29.2 Å². The van der Waals surface area contributed by atoms with Gasteiger partial charge in [0.1, 0.15) is 11.6 Å². The van der Waals surface area contributed by atoms with Crippen LogP contribution >= 0.6 is 0 Å². The second-order valence-corrected chi connectivity index (χ2v) is 6.07. The number of aromatic nitrogens is 2. The Bertz CT molecular complexity index is 943. The van der Waals surface area contributed by atoms with Crippen molar-refractivity contribution in [2.75, 3.05) is 5.32 Å². The first-order valence-corrected chi connectivity index (χ1v) is 7.59. The molecule has 5 nitrogen and oxygen atoms in total. The Labute approximate surface area is 133 Å². The Balaban J connectivity index is 1.88. The highest BCUT2D eigenvalue weighted by Gasteiger charge is 2.31. The summed E-state index contributed by atoms with van der Waals surface area (Å²) in [5.74, 6) is 1.06. The van der Waals surface area contributed by atoms with E-state index in [1.807, 2.05) is 32.2 Å². The molecule has 1 aliphatic heterocycles. The van der Waals surface area contributed by atoms with Crippen molar-refractivity contribution in [2.45, 2.75) is 19.3 Å². The van der Waals surface area contributed by atoms with Crippen molar-refractivity contribution in [3.8, 4) is 5.75 Å². The third-order valence-corrected chi connectivity index (χ3v) is 4.51. The highest BCUT2D eigenvalue weighted by Crippen LogP contribution is 2.39. The molecule has 0 radical (unpaired) electrons. The number of benzene rings is 2. The molecule has 2 N–H and O–H groups in total. The third kappa shape index (κ3) is 2.16. The van der Waals surface area contributed by atoms with Crippen LogP contribution < -0.4 is 5.32 Å². The minimum atomic E-state index is 0.00523.